The van der Waals surface area contributed by atoms with Gasteiger partial charge in [0.2, 0.25) is 0 Å². The lowest BCUT2D eigenvalue weighted by Gasteiger charge is -2.29. The third-order valence-corrected chi connectivity index (χ3v) is 2.64. The van der Waals surface area contributed by atoms with E-state index in [0.29, 0.717) is 5.92 Å². The number of piperidine rings is 1. The molecule has 0 spiro atoms. The molecule has 0 aliphatic carbocycles. The summed E-state index contributed by atoms with van der Waals surface area (Å²) in [5.41, 5.74) is -0.407. The molecule has 1 heterocycles. The number of nitrogens with one attached hydrogen (secondary N) is 1. The molecule has 1 amide bonds. The van der Waals surface area contributed by atoms with Crippen molar-refractivity contribution in [2.45, 2.75) is 39.2 Å². The second-order valence-electron chi connectivity index (χ2n) is 5.57. The molecule has 1 unspecified atom stereocenters. The van der Waals surface area contributed by atoms with E-state index in [9.17, 15) is 4.79 Å². The molecule has 1 aliphatic heterocycles. The zero-order chi connectivity index (χ0) is 12.2. The van der Waals surface area contributed by atoms with Crippen LogP contribution in [0.25, 0.3) is 0 Å². The van der Waals surface area contributed by atoms with Crippen LogP contribution in [0.1, 0.15) is 33.6 Å². The lowest BCUT2D eigenvalue weighted by molar-refractivity contribution is 0.0266. The molecule has 1 atom stereocenters. The van der Waals surface area contributed by atoms with Crippen molar-refractivity contribution in [3.63, 3.8) is 0 Å². The van der Waals surface area contributed by atoms with E-state index in [-0.39, 0.29) is 18.5 Å². The van der Waals surface area contributed by atoms with Gasteiger partial charge in [0.05, 0.1) is 0 Å². The van der Waals surface area contributed by atoms with Crippen LogP contribution in [0.2, 0.25) is 0 Å². The maximum absolute atomic E-state index is 11.7. The van der Waals surface area contributed by atoms with Gasteiger partial charge < -0.3 is 15.0 Å². The normalized spacial score (nSPS) is 20.4. The Morgan fingerprint density at radius 3 is 2.59 bits per heavy atom. The molecule has 102 valence electrons. The summed E-state index contributed by atoms with van der Waals surface area (Å²) in [5.74, 6) is 0.561. The number of hydrogen-bond donors (Lipinski definition) is 1. The maximum Gasteiger partial charge on any atom is 0.410 e. The molecular formula is C12H25ClN2O2. The summed E-state index contributed by atoms with van der Waals surface area (Å²) in [4.78, 5) is 13.4. The zero-order valence-corrected chi connectivity index (χ0v) is 12.1. The highest BCUT2D eigenvalue weighted by atomic mass is 35.5. The topological polar surface area (TPSA) is 41.6 Å². The van der Waals surface area contributed by atoms with Crippen LogP contribution >= 0.6 is 12.4 Å². The number of hydrogen-bond acceptors (Lipinski definition) is 3. The highest BCUT2D eigenvalue weighted by Crippen LogP contribution is 2.13. The Morgan fingerprint density at radius 2 is 2.12 bits per heavy atom. The average molecular weight is 265 g/mol. The van der Waals surface area contributed by atoms with Gasteiger partial charge in [0.15, 0.2) is 0 Å². The van der Waals surface area contributed by atoms with Gasteiger partial charge >= 0.3 is 6.09 Å². The summed E-state index contributed by atoms with van der Waals surface area (Å²) in [7, 11) is 1.81. The molecule has 1 rings (SSSR count). The first-order chi connectivity index (χ1) is 7.38. The maximum atomic E-state index is 11.7. The van der Waals surface area contributed by atoms with Gasteiger partial charge in [-0.15, -0.1) is 12.4 Å². The molecule has 5 heteroatoms. The second kappa shape index (κ2) is 7.07. The first-order valence-electron chi connectivity index (χ1n) is 6.03. The third-order valence-electron chi connectivity index (χ3n) is 2.64. The molecule has 4 nitrogen and oxygen atoms in total. The van der Waals surface area contributed by atoms with Crippen molar-refractivity contribution < 1.29 is 9.53 Å². The van der Waals surface area contributed by atoms with E-state index in [2.05, 4.69) is 5.32 Å². The lowest BCUT2D eigenvalue weighted by Crippen LogP contribution is -2.41. The van der Waals surface area contributed by atoms with E-state index in [1.807, 2.05) is 27.8 Å². The van der Waals surface area contributed by atoms with Gasteiger partial charge in [-0.05, 0) is 52.6 Å². The number of carbonyl (C=O) groups excluding carboxylic acids is 1. The number of ether oxygens (including phenoxy) is 1. The van der Waals surface area contributed by atoms with Crippen LogP contribution in [0.15, 0.2) is 0 Å². The smallest absolute Gasteiger partial charge is 0.410 e. The molecule has 0 radical (unpaired) electrons. The minimum atomic E-state index is -0.407. The van der Waals surface area contributed by atoms with Crippen molar-refractivity contribution >= 4 is 18.5 Å². The number of rotatable bonds is 2. The first kappa shape index (κ1) is 16.5. The number of nitrogens with zero attached hydrogens (tertiary/aromatic N) is 1. The molecular weight excluding hydrogens is 240 g/mol. The standard InChI is InChI=1S/C12H24N2O2.ClH/c1-12(2,3)16-11(15)14(4)9-10-6-5-7-13-8-10;/h10,13H,5-9H2,1-4H3;1H. The van der Waals surface area contributed by atoms with Gasteiger partial charge in [0.1, 0.15) is 5.60 Å². The van der Waals surface area contributed by atoms with Gasteiger partial charge in [-0.2, -0.15) is 0 Å². The van der Waals surface area contributed by atoms with Gasteiger partial charge in [-0.25, -0.2) is 4.79 Å². The summed E-state index contributed by atoms with van der Waals surface area (Å²) >= 11 is 0. The van der Waals surface area contributed by atoms with Crippen LogP contribution in [-0.2, 0) is 4.74 Å². The molecule has 1 N–H and O–H groups in total. The van der Waals surface area contributed by atoms with Crippen LogP contribution in [-0.4, -0.2) is 43.3 Å². The van der Waals surface area contributed by atoms with E-state index in [4.69, 9.17) is 4.74 Å². The highest BCUT2D eigenvalue weighted by molar-refractivity contribution is 5.85. The zero-order valence-electron chi connectivity index (χ0n) is 11.3. The molecule has 17 heavy (non-hydrogen) atoms. The summed E-state index contributed by atoms with van der Waals surface area (Å²) in [5, 5.41) is 3.35. The summed E-state index contributed by atoms with van der Waals surface area (Å²) < 4.78 is 5.31. The quantitative estimate of drug-likeness (QED) is 0.832. The van der Waals surface area contributed by atoms with Crippen molar-refractivity contribution in [3.8, 4) is 0 Å². The lowest BCUT2D eigenvalue weighted by atomic mass is 9.99. The van der Waals surface area contributed by atoms with Crippen molar-refractivity contribution in [2.75, 3.05) is 26.7 Å². The summed E-state index contributed by atoms with van der Waals surface area (Å²) in [6.07, 6.45) is 2.17. The van der Waals surface area contributed by atoms with Crippen molar-refractivity contribution in [1.29, 1.82) is 0 Å². The molecule has 0 aromatic carbocycles. The fourth-order valence-corrected chi connectivity index (χ4v) is 1.88. The summed E-state index contributed by atoms with van der Waals surface area (Å²) in [6.45, 7) is 8.56. The largest absolute Gasteiger partial charge is 0.444 e. The molecule has 1 saturated heterocycles. The third kappa shape index (κ3) is 6.74. The van der Waals surface area contributed by atoms with Crippen molar-refractivity contribution in [2.24, 2.45) is 5.92 Å². The number of amides is 1. The first-order valence-corrected chi connectivity index (χ1v) is 6.03. The molecule has 1 aliphatic rings. The van der Waals surface area contributed by atoms with E-state index in [1.165, 1.54) is 12.8 Å². The van der Waals surface area contributed by atoms with Crippen LogP contribution < -0.4 is 5.32 Å². The Hall–Kier alpha value is -0.480. The predicted octanol–water partition coefficient (Wildman–Crippen LogP) is 2.27. The minimum absolute atomic E-state index is 0. The Morgan fingerprint density at radius 1 is 1.47 bits per heavy atom. The Balaban J connectivity index is 0.00000256. The Labute approximate surface area is 110 Å². The van der Waals surface area contributed by atoms with E-state index >= 15 is 0 Å². The van der Waals surface area contributed by atoms with Crippen LogP contribution in [0.3, 0.4) is 0 Å². The average Bonchev–Trinajstić information content (AvgIpc) is 2.16. The van der Waals surface area contributed by atoms with Crippen LogP contribution in [0.4, 0.5) is 4.79 Å². The Bertz CT molecular complexity index is 235. The molecule has 0 aromatic rings. The van der Waals surface area contributed by atoms with Gasteiger partial charge in [-0.1, -0.05) is 0 Å². The molecule has 0 saturated carbocycles. The second-order valence-corrected chi connectivity index (χ2v) is 5.57. The number of halogens is 1. The van der Waals surface area contributed by atoms with E-state index in [0.717, 1.165) is 19.6 Å². The van der Waals surface area contributed by atoms with Crippen molar-refractivity contribution in [3.05, 3.63) is 0 Å². The van der Waals surface area contributed by atoms with Gasteiger partial charge in [-0.3, -0.25) is 0 Å². The van der Waals surface area contributed by atoms with Crippen LogP contribution in [0, 0.1) is 5.92 Å². The number of carbonyl (C=O) groups is 1. The van der Waals surface area contributed by atoms with E-state index in [1.54, 1.807) is 4.90 Å². The van der Waals surface area contributed by atoms with Crippen LogP contribution in [0.5, 0.6) is 0 Å². The Kier molecular flexibility index (Phi) is 6.87. The van der Waals surface area contributed by atoms with Crippen molar-refractivity contribution in [1.82, 2.24) is 10.2 Å². The molecule has 0 bridgehead atoms. The summed E-state index contributed by atoms with van der Waals surface area (Å²) in [6, 6.07) is 0. The van der Waals surface area contributed by atoms with Gasteiger partial charge in [0.25, 0.3) is 0 Å². The molecule has 1 fully saturated rings. The monoisotopic (exact) mass is 264 g/mol. The van der Waals surface area contributed by atoms with E-state index < -0.39 is 5.60 Å². The highest BCUT2D eigenvalue weighted by Gasteiger charge is 2.22. The van der Waals surface area contributed by atoms with Gasteiger partial charge in [0, 0.05) is 13.6 Å². The minimum Gasteiger partial charge on any atom is -0.444 e. The molecule has 0 aromatic heterocycles. The fourth-order valence-electron chi connectivity index (χ4n) is 1.88. The predicted molar refractivity (Wildman–Crippen MR) is 71.7 cm³/mol. The fraction of sp³-hybridized carbons (Fsp3) is 0.917. The SMILES string of the molecule is CN(CC1CCCNC1)C(=O)OC(C)(C)C.Cl.